The van der Waals surface area contributed by atoms with E-state index in [0.29, 0.717) is 31.1 Å². The highest BCUT2D eigenvalue weighted by Gasteiger charge is 2.19. The summed E-state index contributed by atoms with van der Waals surface area (Å²) in [5.74, 6) is 0.410. The van der Waals surface area contributed by atoms with Crippen LogP contribution in [0.5, 0.6) is 0 Å². The van der Waals surface area contributed by atoms with Crippen molar-refractivity contribution in [1.29, 1.82) is 0 Å². The molecule has 0 saturated heterocycles. The monoisotopic (exact) mass is 307 g/mol. The molecule has 0 aromatic carbocycles. The van der Waals surface area contributed by atoms with E-state index in [1.54, 1.807) is 0 Å². The molecular formula is C14H17N3O3S. The number of carboxylic acids is 1. The fourth-order valence-electron chi connectivity index (χ4n) is 2.49. The van der Waals surface area contributed by atoms with Gasteiger partial charge in [-0.25, -0.2) is 0 Å². The normalized spacial score (nSPS) is 15.0. The third kappa shape index (κ3) is 3.68. The molecule has 3 heterocycles. The van der Waals surface area contributed by atoms with Gasteiger partial charge in [0.05, 0.1) is 6.54 Å². The summed E-state index contributed by atoms with van der Waals surface area (Å²) in [7, 11) is 0. The topological polar surface area (TPSA) is 79.5 Å². The second-order valence-corrected chi connectivity index (χ2v) is 6.18. The molecule has 2 aromatic heterocycles. The lowest BCUT2D eigenvalue weighted by Crippen LogP contribution is -2.29. The first-order chi connectivity index (χ1) is 10.2. The van der Waals surface area contributed by atoms with Crippen molar-refractivity contribution in [2.24, 2.45) is 0 Å². The van der Waals surface area contributed by atoms with Gasteiger partial charge in [0.25, 0.3) is 0 Å². The van der Waals surface area contributed by atoms with Crippen molar-refractivity contribution in [2.45, 2.75) is 38.8 Å². The first kappa shape index (κ1) is 14.2. The van der Waals surface area contributed by atoms with Crippen molar-refractivity contribution >= 4 is 17.3 Å². The number of fused-ring (bicyclic) bond motifs is 1. The molecule has 6 nitrogen and oxygen atoms in total. The Morgan fingerprint density at radius 2 is 2.43 bits per heavy atom. The van der Waals surface area contributed by atoms with Crippen molar-refractivity contribution in [3.63, 3.8) is 0 Å². The number of carboxylic acid groups (broad SMARTS) is 1. The van der Waals surface area contributed by atoms with Crippen LogP contribution in [0.15, 0.2) is 16.0 Å². The molecule has 0 fully saturated rings. The minimum Gasteiger partial charge on any atom is -0.481 e. The Hall–Kier alpha value is -1.73. The van der Waals surface area contributed by atoms with Crippen molar-refractivity contribution < 1.29 is 14.4 Å². The minimum absolute atomic E-state index is 0.130. The molecule has 1 aliphatic heterocycles. The lowest BCUT2D eigenvalue weighted by Gasteiger charge is -2.25. The number of nitrogens with zero attached hydrogens (tertiary/aromatic N) is 3. The Balaban J connectivity index is 1.52. The molecule has 112 valence electrons. The molecule has 1 aliphatic rings. The predicted molar refractivity (Wildman–Crippen MR) is 77.0 cm³/mol. The average Bonchev–Trinajstić information content (AvgIpc) is 3.07. The van der Waals surface area contributed by atoms with E-state index in [0.717, 1.165) is 19.5 Å². The quantitative estimate of drug-likeness (QED) is 0.880. The molecule has 0 aliphatic carbocycles. The Labute approximate surface area is 126 Å². The highest BCUT2D eigenvalue weighted by Crippen LogP contribution is 2.24. The number of aliphatic carboxylic acids is 1. The number of aryl methyl sites for hydroxylation is 1. The van der Waals surface area contributed by atoms with E-state index >= 15 is 0 Å². The van der Waals surface area contributed by atoms with Crippen LogP contribution in [0.25, 0.3) is 0 Å². The Bertz CT molecular complexity index is 623. The summed E-state index contributed by atoms with van der Waals surface area (Å²) in [5.41, 5.74) is 1.40. The maximum Gasteiger partial charge on any atom is 0.303 e. The van der Waals surface area contributed by atoms with Crippen molar-refractivity contribution in [3.05, 3.63) is 33.6 Å². The first-order valence-corrected chi connectivity index (χ1v) is 7.89. The van der Waals surface area contributed by atoms with Crippen LogP contribution < -0.4 is 0 Å². The highest BCUT2D eigenvalue weighted by molar-refractivity contribution is 7.10. The molecule has 0 radical (unpaired) electrons. The standard InChI is InChI=1S/C14H17N3O3S/c18-14(19)3-1-2-13-15-12(16-20-13)9-17-6-4-11-10(8-17)5-7-21-11/h5,7H,1-4,6,8-9H2,(H,18,19). The van der Waals surface area contributed by atoms with Gasteiger partial charge in [0.1, 0.15) is 0 Å². The van der Waals surface area contributed by atoms with Crippen molar-refractivity contribution in [3.8, 4) is 0 Å². The molecule has 0 bridgehead atoms. The predicted octanol–water partition coefficient (Wildman–Crippen LogP) is 2.10. The molecule has 21 heavy (non-hydrogen) atoms. The number of carbonyl (C=O) groups is 1. The van der Waals surface area contributed by atoms with Crippen LogP contribution in [0.1, 0.15) is 35.0 Å². The summed E-state index contributed by atoms with van der Waals surface area (Å²) >= 11 is 1.82. The van der Waals surface area contributed by atoms with Gasteiger partial charge in [-0.15, -0.1) is 11.3 Å². The molecule has 7 heteroatoms. The zero-order valence-electron chi connectivity index (χ0n) is 11.6. The van der Waals surface area contributed by atoms with Gasteiger partial charge >= 0.3 is 5.97 Å². The molecule has 3 rings (SSSR count). The number of hydrogen-bond donors (Lipinski definition) is 1. The van der Waals surface area contributed by atoms with Crippen LogP contribution in [-0.4, -0.2) is 32.7 Å². The van der Waals surface area contributed by atoms with E-state index in [1.165, 1.54) is 10.4 Å². The van der Waals surface area contributed by atoms with Crippen LogP contribution in [-0.2, 0) is 30.7 Å². The minimum atomic E-state index is -0.797. The maximum atomic E-state index is 10.5. The van der Waals surface area contributed by atoms with E-state index in [1.807, 2.05) is 11.3 Å². The molecule has 0 amide bonds. The summed E-state index contributed by atoms with van der Waals surface area (Å²) < 4.78 is 5.16. The summed E-state index contributed by atoms with van der Waals surface area (Å²) in [4.78, 5) is 18.6. The van der Waals surface area contributed by atoms with Crippen LogP contribution in [0.4, 0.5) is 0 Å². The number of aromatic nitrogens is 2. The molecule has 0 spiro atoms. The SMILES string of the molecule is O=C(O)CCCc1nc(CN2CCc3sccc3C2)no1. The third-order valence-corrected chi connectivity index (χ3v) is 4.57. The van der Waals surface area contributed by atoms with Gasteiger partial charge < -0.3 is 9.63 Å². The summed E-state index contributed by atoms with van der Waals surface area (Å²) in [6.07, 6.45) is 2.26. The van der Waals surface area contributed by atoms with E-state index in [2.05, 4.69) is 26.5 Å². The van der Waals surface area contributed by atoms with E-state index < -0.39 is 5.97 Å². The van der Waals surface area contributed by atoms with Crippen LogP contribution in [0.3, 0.4) is 0 Å². The van der Waals surface area contributed by atoms with Crippen molar-refractivity contribution in [2.75, 3.05) is 6.54 Å². The van der Waals surface area contributed by atoms with Crippen LogP contribution in [0.2, 0.25) is 0 Å². The van der Waals surface area contributed by atoms with Gasteiger partial charge in [-0.1, -0.05) is 5.16 Å². The zero-order chi connectivity index (χ0) is 14.7. The summed E-state index contributed by atoms with van der Waals surface area (Å²) in [5, 5.41) is 14.7. The van der Waals surface area contributed by atoms with Crippen molar-refractivity contribution in [1.82, 2.24) is 15.0 Å². The van der Waals surface area contributed by atoms with E-state index in [4.69, 9.17) is 9.63 Å². The third-order valence-electron chi connectivity index (χ3n) is 3.54. The van der Waals surface area contributed by atoms with Gasteiger partial charge in [0.2, 0.25) is 5.89 Å². The lowest BCUT2D eigenvalue weighted by atomic mass is 10.1. The molecular weight excluding hydrogens is 290 g/mol. The van der Waals surface area contributed by atoms with Gasteiger partial charge in [-0.05, 0) is 29.9 Å². The second kappa shape index (κ2) is 6.36. The number of rotatable bonds is 6. The van der Waals surface area contributed by atoms with Gasteiger partial charge in [0.15, 0.2) is 5.82 Å². The number of hydrogen-bond acceptors (Lipinski definition) is 6. The van der Waals surface area contributed by atoms with Crippen LogP contribution >= 0.6 is 11.3 Å². The summed E-state index contributed by atoms with van der Waals surface area (Å²) in [6, 6.07) is 2.18. The Morgan fingerprint density at radius 3 is 3.29 bits per heavy atom. The largest absolute Gasteiger partial charge is 0.481 e. The smallest absolute Gasteiger partial charge is 0.303 e. The Kier molecular flexibility index (Phi) is 4.31. The highest BCUT2D eigenvalue weighted by atomic mass is 32.1. The molecule has 0 unspecified atom stereocenters. The van der Waals surface area contributed by atoms with Gasteiger partial charge in [0, 0.05) is 30.8 Å². The van der Waals surface area contributed by atoms with Gasteiger partial charge in [-0.3, -0.25) is 9.69 Å². The van der Waals surface area contributed by atoms with E-state index in [9.17, 15) is 4.79 Å². The molecule has 0 saturated carbocycles. The maximum absolute atomic E-state index is 10.5. The summed E-state index contributed by atoms with van der Waals surface area (Å²) in [6.45, 7) is 2.62. The van der Waals surface area contributed by atoms with E-state index in [-0.39, 0.29) is 6.42 Å². The Morgan fingerprint density at radius 1 is 1.52 bits per heavy atom. The zero-order valence-corrected chi connectivity index (χ0v) is 12.4. The number of thiophene rings is 1. The fraction of sp³-hybridized carbons (Fsp3) is 0.500. The lowest BCUT2D eigenvalue weighted by molar-refractivity contribution is -0.137. The first-order valence-electron chi connectivity index (χ1n) is 7.01. The molecule has 2 aromatic rings. The average molecular weight is 307 g/mol. The fourth-order valence-corrected chi connectivity index (χ4v) is 3.38. The van der Waals surface area contributed by atoms with Crippen LogP contribution in [0, 0.1) is 0 Å². The second-order valence-electron chi connectivity index (χ2n) is 5.18. The molecule has 1 N–H and O–H groups in total. The molecule has 0 atom stereocenters. The van der Waals surface area contributed by atoms with Gasteiger partial charge in [-0.2, -0.15) is 4.98 Å².